The van der Waals surface area contributed by atoms with Gasteiger partial charge in [-0.25, -0.2) is 0 Å². The number of hydrogen-bond acceptors (Lipinski definition) is 4. The molecule has 2 aromatic rings. The van der Waals surface area contributed by atoms with E-state index in [0.29, 0.717) is 24.8 Å². The van der Waals surface area contributed by atoms with Gasteiger partial charge in [0.2, 0.25) is 0 Å². The molecule has 3 rings (SSSR count). The summed E-state index contributed by atoms with van der Waals surface area (Å²) < 4.78 is 11.5. The number of anilines is 1. The fraction of sp³-hybridized carbons (Fsp3) is 0.267. The Hall–Kier alpha value is -2.23. The average Bonchev–Trinajstić information content (AvgIpc) is 2.61. The number of benzene rings is 1. The molecule has 1 aromatic heterocycles. The van der Waals surface area contributed by atoms with Crippen molar-refractivity contribution in [3.63, 3.8) is 0 Å². The van der Waals surface area contributed by atoms with Crippen LogP contribution in [0.1, 0.15) is 6.92 Å². The molecule has 0 bridgehead atoms. The number of hydrogen-bond donors (Lipinski definition) is 1. The molecule has 0 spiro atoms. The summed E-state index contributed by atoms with van der Waals surface area (Å²) in [6.07, 6.45) is 3.39. The Morgan fingerprint density at radius 1 is 1.16 bits per heavy atom. The Labute approximate surface area is 112 Å². The van der Waals surface area contributed by atoms with Gasteiger partial charge in [0, 0.05) is 17.7 Å². The smallest absolute Gasteiger partial charge is 0.161 e. The predicted molar refractivity (Wildman–Crippen MR) is 74.2 cm³/mol. The third-order valence-corrected chi connectivity index (χ3v) is 3.15. The van der Waals surface area contributed by atoms with Gasteiger partial charge in [-0.2, -0.15) is 0 Å². The molecule has 19 heavy (non-hydrogen) atoms. The van der Waals surface area contributed by atoms with Crippen molar-refractivity contribution in [2.24, 2.45) is 5.92 Å². The van der Waals surface area contributed by atoms with E-state index in [9.17, 15) is 0 Å². The van der Waals surface area contributed by atoms with E-state index in [2.05, 4.69) is 11.9 Å². The van der Waals surface area contributed by atoms with Gasteiger partial charge in [-0.05, 0) is 23.8 Å². The normalized spacial score (nSPS) is 17.8. The van der Waals surface area contributed by atoms with Crippen LogP contribution in [0, 0.1) is 5.92 Å². The van der Waals surface area contributed by atoms with Crippen molar-refractivity contribution in [3.8, 4) is 22.6 Å². The van der Waals surface area contributed by atoms with Gasteiger partial charge in [-0.3, -0.25) is 4.98 Å². The maximum atomic E-state index is 5.95. The first-order valence-corrected chi connectivity index (χ1v) is 6.33. The van der Waals surface area contributed by atoms with Gasteiger partial charge in [0.15, 0.2) is 11.5 Å². The Kier molecular flexibility index (Phi) is 2.99. The molecule has 4 heteroatoms. The minimum absolute atomic E-state index is 0.391. The minimum Gasteiger partial charge on any atom is -0.489 e. The fourth-order valence-corrected chi connectivity index (χ4v) is 2.09. The number of nitrogens with zero attached hydrogens (tertiary/aromatic N) is 1. The van der Waals surface area contributed by atoms with Crippen molar-refractivity contribution in [2.75, 3.05) is 18.9 Å². The van der Waals surface area contributed by atoms with E-state index >= 15 is 0 Å². The zero-order valence-corrected chi connectivity index (χ0v) is 10.8. The molecule has 1 aliphatic rings. The second kappa shape index (κ2) is 4.80. The quantitative estimate of drug-likeness (QED) is 0.852. The Morgan fingerprint density at radius 3 is 2.74 bits per heavy atom. The molecule has 0 saturated heterocycles. The van der Waals surface area contributed by atoms with Gasteiger partial charge in [0.25, 0.3) is 0 Å². The number of ether oxygens (including phenoxy) is 2. The summed E-state index contributed by atoms with van der Waals surface area (Å²) in [5, 5.41) is 0. The van der Waals surface area contributed by atoms with E-state index < -0.39 is 0 Å². The number of fused-ring (bicyclic) bond motifs is 1. The van der Waals surface area contributed by atoms with Crippen molar-refractivity contribution in [1.29, 1.82) is 0 Å². The van der Waals surface area contributed by atoms with Crippen molar-refractivity contribution in [3.05, 3.63) is 36.7 Å². The van der Waals surface area contributed by atoms with E-state index in [1.165, 1.54) is 0 Å². The molecule has 0 amide bonds. The predicted octanol–water partition coefficient (Wildman–Crippen LogP) is 2.74. The van der Waals surface area contributed by atoms with Crippen LogP contribution in [0.2, 0.25) is 0 Å². The lowest BCUT2D eigenvalue weighted by molar-refractivity contribution is 0.228. The Bertz CT molecular complexity index is 598. The van der Waals surface area contributed by atoms with Crippen LogP contribution >= 0.6 is 0 Å². The van der Waals surface area contributed by atoms with Crippen molar-refractivity contribution >= 4 is 5.69 Å². The lowest BCUT2D eigenvalue weighted by Gasteiger charge is -2.10. The lowest BCUT2D eigenvalue weighted by atomic mass is 10.1. The topological polar surface area (TPSA) is 57.4 Å². The first-order chi connectivity index (χ1) is 9.24. The summed E-state index contributed by atoms with van der Waals surface area (Å²) in [5.74, 6) is 1.96. The summed E-state index contributed by atoms with van der Waals surface area (Å²) in [6, 6.07) is 7.79. The molecule has 2 heterocycles. The molecule has 2 N–H and O–H groups in total. The minimum atomic E-state index is 0.391. The molecule has 0 saturated carbocycles. The van der Waals surface area contributed by atoms with Crippen LogP contribution in [0.15, 0.2) is 36.7 Å². The van der Waals surface area contributed by atoms with Crippen LogP contribution in [0.3, 0.4) is 0 Å². The van der Waals surface area contributed by atoms with Gasteiger partial charge < -0.3 is 15.2 Å². The number of rotatable bonds is 1. The van der Waals surface area contributed by atoms with Crippen molar-refractivity contribution in [2.45, 2.75) is 6.92 Å². The molecule has 0 aliphatic carbocycles. The van der Waals surface area contributed by atoms with Gasteiger partial charge in [0.05, 0.1) is 25.1 Å². The highest BCUT2D eigenvalue weighted by molar-refractivity contribution is 5.77. The highest BCUT2D eigenvalue weighted by Gasteiger charge is 2.16. The van der Waals surface area contributed by atoms with E-state index in [4.69, 9.17) is 15.2 Å². The van der Waals surface area contributed by atoms with Crippen LogP contribution in [-0.2, 0) is 0 Å². The molecule has 0 radical (unpaired) electrons. The molecule has 0 fully saturated rings. The monoisotopic (exact) mass is 256 g/mol. The Balaban J connectivity index is 2.00. The first kappa shape index (κ1) is 11.8. The SMILES string of the molecule is CC1COc2ccc(-c3ccncc3N)cc2OC1. The van der Waals surface area contributed by atoms with Crippen LogP contribution in [0.5, 0.6) is 11.5 Å². The standard InChI is InChI=1S/C15H16N2O2/c1-10-8-18-14-3-2-11(6-15(14)19-9-10)12-4-5-17-7-13(12)16/h2-7,10H,8-9,16H2,1H3. The number of pyridine rings is 1. The number of nitrogen functional groups attached to an aromatic ring is 1. The van der Waals surface area contributed by atoms with Crippen molar-refractivity contribution < 1.29 is 9.47 Å². The molecule has 98 valence electrons. The maximum absolute atomic E-state index is 5.95. The highest BCUT2D eigenvalue weighted by atomic mass is 16.5. The maximum Gasteiger partial charge on any atom is 0.161 e. The average molecular weight is 256 g/mol. The van der Waals surface area contributed by atoms with E-state index in [0.717, 1.165) is 22.6 Å². The van der Waals surface area contributed by atoms with E-state index in [1.54, 1.807) is 12.4 Å². The largest absolute Gasteiger partial charge is 0.489 e. The van der Waals surface area contributed by atoms with Crippen LogP contribution in [0.4, 0.5) is 5.69 Å². The summed E-state index contributed by atoms with van der Waals surface area (Å²) in [4.78, 5) is 4.00. The van der Waals surface area contributed by atoms with Crippen LogP contribution in [0.25, 0.3) is 11.1 Å². The van der Waals surface area contributed by atoms with Gasteiger partial charge in [-0.1, -0.05) is 13.0 Å². The number of nitrogens with two attached hydrogens (primary N) is 1. The van der Waals surface area contributed by atoms with Crippen LogP contribution < -0.4 is 15.2 Å². The third kappa shape index (κ3) is 2.34. The Morgan fingerprint density at radius 2 is 1.95 bits per heavy atom. The summed E-state index contributed by atoms with van der Waals surface area (Å²) in [6.45, 7) is 3.46. The van der Waals surface area contributed by atoms with E-state index in [-0.39, 0.29) is 0 Å². The second-order valence-corrected chi connectivity index (χ2v) is 4.85. The summed E-state index contributed by atoms with van der Waals surface area (Å²) >= 11 is 0. The van der Waals surface area contributed by atoms with E-state index in [1.807, 2.05) is 24.3 Å². The number of aromatic nitrogens is 1. The second-order valence-electron chi connectivity index (χ2n) is 4.85. The fourth-order valence-electron chi connectivity index (χ4n) is 2.09. The molecule has 1 unspecified atom stereocenters. The molecule has 4 nitrogen and oxygen atoms in total. The lowest BCUT2D eigenvalue weighted by Crippen LogP contribution is -2.12. The van der Waals surface area contributed by atoms with Gasteiger partial charge >= 0.3 is 0 Å². The van der Waals surface area contributed by atoms with Gasteiger partial charge in [0.1, 0.15) is 0 Å². The highest BCUT2D eigenvalue weighted by Crippen LogP contribution is 2.36. The summed E-state index contributed by atoms with van der Waals surface area (Å²) in [5.41, 5.74) is 8.57. The molecule has 1 atom stereocenters. The van der Waals surface area contributed by atoms with Crippen LogP contribution in [-0.4, -0.2) is 18.2 Å². The first-order valence-electron chi connectivity index (χ1n) is 6.33. The third-order valence-electron chi connectivity index (χ3n) is 3.15. The summed E-state index contributed by atoms with van der Waals surface area (Å²) in [7, 11) is 0. The zero-order valence-electron chi connectivity index (χ0n) is 10.8. The zero-order chi connectivity index (χ0) is 13.2. The molecular weight excluding hydrogens is 240 g/mol. The molecule has 1 aliphatic heterocycles. The molecular formula is C15H16N2O2. The van der Waals surface area contributed by atoms with Gasteiger partial charge in [-0.15, -0.1) is 0 Å². The van der Waals surface area contributed by atoms with Crippen molar-refractivity contribution in [1.82, 2.24) is 4.98 Å². The molecule has 1 aromatic carbocycles.